The van der Waals surface area contributed by atoms with Gasteiger partial charge in [0.1, 0.15) is 0 Å². The van der Waals surface area contributed by atoms with Gasteiger partial charge in [0, 0.05) is 36.6 Å². The third kappa shape index (κ3) is 5.32. The number of hydrogen-bond acceptors (Lipinski definition) is 5. The molecule has 1 atom stereocenters. The zero-order chi connectivity index (χ0) is 20.8. The third-order valence-electron chi connectivity index (χ3n) is 4.16. The summed E-state index contributed by atoms with van der Waals surface area (Å²) in [5.41, 5.74) is 6.65. The van der Waals surface area contributed by atoms with Gasteiger partial charge in [-0.3, -0.25) is 19.0 Å². The second kappa shape index (κ2) is 9.51. The molecule has 9 heteroatoms. The van der Waals surface area contributed by atoms with E-state index in [1.165, 1.54) is 22.0 Å². The standard InChI is InChI=1S/C20H19ClN4O3S/c21-17-9-8-16(29-17)20(28)23-12-14(11-22)24-19(27)13-4-6-15(7-5-13)25-10-2-1-3-18(25)26/h1-10,14H,11-12,22H2,(H,23,28)(H,24,27). The molecule has 0 aliphatic carbocycles. The van der Waals surface area contributed by atoms with E-state index in [0.717, 1.165) is 0 Å². The van der Waals surface area contributed by atoms with E-state index in [1.54, 1.807) is 54.7 Å². The average molecular weight is 431 g/mol. The van der Waals surface area contributed by atoms with Crippen LogP contribution in [0.2, 0.25) is 4.34 Å². The quantitative estimate of drug-likeness (QED) is 0.533. The van der Waals surface area contributed by atoms with Crippen molar-refractivity contribution < 1.29 is 9.59 Å². The Morgan fingerprint density at radius 2 is 1.83 bits per heavy atom. The number of carbonyl (C=O) groups excluding carboxylic acids is 2. The Kier molecular flexibility index (Phi) is 6.82. The lowest BCUT2D eigenvalue weighted by Gasteiger charge is -2.17. The van der Waals surface area contributed by atoms with Gasteiger partial charge in [0.2, 0.25) is 0 Å². The van der Waals surface area contributed by atoms with Gasteiger partial charge in [0.25, 0.3) is 17.4 Å². The Hall–Kier alpha value is -2.94. The number of nitrogens with one attached hydrogen (secondary N) is 2. The molecule has 0 radical (unpaired) electrons. The van der Waals surface area contributed by atoms with Crippen molar-refractivity contribution in [2.45, 2.75) is 6.04 Å². The number of amides is 2. The van der Waals surface area contributed by atoms with Gasteiger partial charge in [-0.15, -0.1) is 11.3 Å². The molecule has 4 N–H and O–H groups in total. The molecule has 3 aromatic rings. The maximum absolute atomic E-state index is 12.5. The van der Waals surface area contributed by atoms with Crippen LogP contribution < -0.4 is 21.9 Å². The topological polar surface area (TPSA) is 106 Å². The number of halogens is 1. The highest BCUT2D eigenvalue weighted by Gasteiger charge is 2.15. The summed E-state index contributed by atoms with van der Waals surface area (Å²) in [6, 6.07) is 14.4. The van der Waals surface area contributed by atoms with Crippen molar-refractivity contribution in [3.8, 4) is 5.69 Å². The van der Waals surface area contributed by atoms with Crippen LogP contribution >= 0.6 is 22.9 Å². The summed E-state index contributed by atoms with van der Waals surface area (Å²) in [5.74, 6) is -0.590. The van der Waals surface area contributed by atoms with E-state index in [1.807, 2.05) is 0 Å². The second-order valence-corrected chi connectivity index (χ2v) is 7.89. The Morgan fingerprint density at radius 1 is 1.07 bits per heavy atom. The molecule has 3 rings (SSSR count). The summed E-state index contributed by atoms with van der Waals surface area (Å²) in [4.78, 5) is 36.9. The van der Waals surface area contributed by atoms with Crippen LogP contribution in [0, 0.1) is 0 Å². The number of nitrogens with zero attached hydrogens (tertiary/aromatic N) is 1. The molecule has 2 amide bonds. The monoisotopic (exact) mass is 430 g/mol. The van der Waals surface area contributed by atoms with Crippen molar-refractivity contribution in [3.63, 3.8) is 0 Å². The highest BCUT2D eigenvalue weighted by atomic mass is 35.5. The van der Waals surface area contributed by atoms with E-state index in [4.69, 9.17) is 17.3 Å². The molecule has 29 heavy (non-hydrogen) atoms. The normalized spacial score (nSPS) is 11.7. The van der Waals surface area contributed by atoms with Gasteiger partial charge in [-0.05, 0) is 42.5 Å². The predicted molar refractivity (Wildman–Crippen MR) is 114 cm³/mol. The van der Waals surface area contributed by atoms with Gasteiger partial charge in [-0.2, -0.15) is 0 Å². The Morgan fingerprint density at radius 3 is 2.45 bits per heavy atom. The van der Waals surface area contributed by atoms with Crippen molar-refractivity contribution in [2.75, 3.05) is 13.1 Å². The van der Waals surface area contributed by atoms with Crippen LogP contribution in [0.3, 0.4) is 0 Å². The number of thiophene rings is 1. The molecule has 0 saturated carbocycles. The van der Waals surface area contributed by atoms with Crippen molar-refractivity contribution in [1.82, 2.24) is 15.2 Å². The number of pyridine rings is 1. The molecule has 0 spiro atoms. The second-order valence-electron chi connectivity index (χ2n) is 6.18. The minimum absolute atomic E-state index is 0.157. The van der Waals surface area contributed by atoms with Crippen LogP contribution in [0.1, 0.15) is 20.0 Å². The van der Waals surface area contributed by atoms with Gasteiger partial charge in [-0.25, -0.2) is 0 Å². The van der Waals surface area contributed by atoms with Crippen LogP contribution in [0.15, 0.2) is 65.6 Å². The fourth-order valence-corrected chi connectivity index (χ4v) is 3.57. The van der Waals surface area contributed by atoms with Crippen LogP contribution in [0.25, 0.3) is 5.69 Å². The first kappa shape index (κ1) is 20.8. The molecule has 0 saturated heterocycles. The fourth-order valence-electron chi connectivity index (χ4n) is 2.62. The lowest BCUT2D eigenvalue weighted by atomic mass is 10.1. The minimum Gasteiger partial charge on any atom is -0.349 e. The lowest BCUT2D eigenvalue weighted by Crippen LogP contribution is -2.47. The summed E-state index contributed by atoms with van der Waals surface area (Å²) >= 11 is 7.01. The molecule has 150 valence electrons. The van der Waals surface area contributed by atoms with Gasteiger partial charge in [0.05, 0.1) is 15.3 Å². The summed E-state index contributed by atoms with van der Waals surface area (Å²) in [7, 11) is 0. The average Bonchev–Trinajstić information content (AvgIpc) is 3.17. The summed E-state index contributed by atoms with van der Waals surface area (Å²) < 4.78 is 2.01. The highest BCUT2D eigenvalue weighted by Crippen LogP contribution is 2.21. The number of hydrogen-bond donors (Lipinski definition) is 3. The molecule has 2 aromatic heterocycles. The predicted octanol–water partition coefficient (Wildman–Crippen LogP) is 2.04. The van der Waals surface area contributed by atoms with E-state index in [-0.39, 0.29) is 30.5 Å². The number of benzene rings is 1. The van der Waals surface area contributed by atoms with Crippen LogP contribution in [-0.4, -0.2) is 35.5 Å². The van der Waals surface area contributed by atoms with Gasteiger partial charge in [-0.1, -0.05) is 17.7 Å². The van der Waals surface area contributed by atoms with E-state index in [9.17, 15) is 14.4 Å². The number of nitrogens with two attached hydrogens (primary N) is 1. The molecule has 0 aliphatic heterocycles. The number of aromatic nitrogens is 1. The fraction of sp³-hybridized carbons (Fsp3) is 0.150. The zero-order valence-electron chi connectivity index (χ0n) is 15.3. The molecule has 0 fully saturated rings. The summed E-state index contributed by atoms with van der Waals surface area (Å²) in [5, 5.41) is 5.53. The van der Waals surface area contributed by atoms with Gasteiger partial charge >= 0.3 is 0 Å². The van der Waals surface area contributed by atoms with Crippen molar-refractivity contribution in [2.24, 2.45) is 5.73 Å². The van der Waals surface area contributed by atoms with Crippen molar-refractivity contribution in [3.05, 3.63) is 85.9 Å². The highest BCUT2D eigenvalue weighted by molar-refractivity contribution is 7.17. The van der Waals surface area contributed by atoms with E-state index in [2.05, 4.69) is 10.6 Å². The van der Waals surface area contributed by atoms with E-state index in [0.29, 0.717) is 20.5 Å². The third-order valence-corrected chi connectivity index (χ3v) is 5.39. The molecular formula is C20H19ClN4O3S. The van der Waals surface area contributed by atoms with Crippen LogP contribution in [0.5, 0.6) is 0 Å². The van der Waals surface area contributed by atoms with Crippen LogP contribution in [-0.2, 0) is 0 Å². The molecule has 7 nitrogen and oxygen atoms in total. The number of carbonyl (C=O) groups is 2. The largest absolute Gasteiger partial charge is 0.349 e. The minimum atomic E-state index is -0.432. The maximum atomic E-state index is 12.5. The smallest absolute Gasteiger partial charge is 0.261 e. The summed E-state index contributed by atoms with van der Waals surface area (Å²) in [6.45, 7) is 0.350. The van der Waals surface area contributed by atoms with Gasteiger partial charge < -0.3 is 16.4 Å². The Labute approximate surface area is 176 Å². The lowest BCUT2D eigenvalue weighted by molar-refractivity contribution is 0.0912. The molecule has 1 unspecified atom stereocenters. The van der Waals surface area contributed by atoms with Crippen molar-refractivity contribution >= 4 is 34.8 Å². The number of rotatable bonds is 7. The first-order valence-corrected chi connectivity index (χ1v) is 10.00. The van der Waals surface area contributed by atoms with E-state index >= 15 is 0 Å². The first-order valence-electron chi connectivity index (χ1n) is 8.80. The summed E-state index contributed by atoms with van der Waals surface area (Å²) in [6.07, 6.45) is 1.66. The molecule has 1 aromatic carbocycles. The van der Waals surface area contributed by atoms with Crippen molar-refractivity contribution in [1.29, 1.82) is 0 Å². The zero-order valence-corrected chi connectivity index (χ0v) is 16.9. The Balaban J connectivity index is 1.60. The van der Waals surface area contributed by atoms with E-state index < -0.39 is 6.04 Å². The molecule has 0 bridgehead atoms. The van der Waals surface area contributed by atoms with Crippen LogP contribution in [0.4, 0.5) is 0 Å². The molecular weight excluding hydrogens is 412 g/mol. The Bertz CT molecular complexity index is 1060. The molecule has 2 heterocycles. The maximum Gasteiger partial charge on any atom is 0.261 e. The first-order chi connectivity index (χ1) is 14.0. The molecule has 0 aliphatic rings. The van der Waals surface area contributed by atoms with Gasteiger partial charge in [0.15, 0.2) is 0 Å². The SMILES string of the molecule is NCC(CNC(=O)c1ccc(Cl)s1)NC(=O)c1ccc(-n2ccccc2=O)cc1.